The van der Waals surface area contributed by atoms with E-state index in [1.54, 1.807) is 0 Å². The molecule has 0 radical (unpaired) electrons. The predicted octanol–water partition coefficient (Wildman–Crippen LogP) is 4.40. The van der Waals surface area contributed by atoms with Crippen molar-refractivity contribution >= 4 is 28.5 Å². The number of hydrogen-bond acceptors (Lipinski definition) is 3. The van der Waals surface area contributed by atoms with Gasteiger partial charge in [0, 0.05) is 17.0 Å². The number of fused-ring (bicyclic) bond motifs is 1. The average Bonchev–Trinajstić information content (AvgIpc) is 3.01. The molecule has 1 N–H and O–H groups in total. The zero-order valence-electron chi connectivity index (χ0n) is 14.3. The Morgan fingerprint density at radius 1 is 1.20 bits per heavy atom. The quantitative estimate of drug-likeness (QED) is 0.712. The number of furan rings is 1. The molecule has 130 valence electrons. The van der Waals surface area contributed by atoms with Crippen LogP contribution in [0.4, 0.5) is 0 Å². The van der Waals surface area contributed by atoms with Gasteiger partial charge in [-0.15, -0.1) is 0 Å². The Morgan fingerprint density at radius 2 is 1.92 bits per heavy atom. The van der Waals surface area contributed by atoms with Crippen LogP contribution >= 0.6 is 11.6 Å². The summed E-state index contributed by atoms with van der Waals surface area (Å²) in [6, 6.07) is 17.3. The molecule has 0 saturated heterocycles. The molecule has 0 aliphatic rings. The van der Waals surface area contributed by atoms with Gasteiger partial charge in [0.05, 0.1) is 12.6 Å². The number of halogens is 1. The summed E-state index contributed by atoms with van der Waals surface area (Å²) in [7, 11) is 1.90. The Balaban J connectivity index is 1.57. The van der Waals surface area contributed by atoms with Crippen LogP contribution in [0.2, 0.25) is 5.02 Å². The number of rotatable bonds is 6. The molecule has 1 aromatic heterocycles. The van der Waals surface area contributed by atoms with Crippen LogP contribution in [0.1, 0.15) is 24.3 Å². The van der Waals surface area contributed by atoms with Gasteiger partial charge in [-0.2, -0.15) is 0 Å². The summed E-state index contributed by atoms with van der Waals surface area (Å²) in [6.07, 6.45) is 0. The normalized spacial score (nSPS) is 12.5. The summed E-state index contributed by atoms with van der Waals surface area (Å²) in [5.41, 5.74) is 1.83. The highest BCUT2D eigenvalue weighted by Gasteiger charge is 2.15. The van der Waals surface area contributed by atoms with Crippen molar-refractivity contribution in [2.75, 3.05) is 13.6 Å². The Kier molecular flexibility index (Phi) is 5.41. The zero-order valence-corrected chi connectivity index (χ0v) is 15.1. The van der Waals surface area contributed by atoms with Crippen molar-refractivity contribution in [2.24, 2.45) is 0 Å². The Hall–Kier alpha value is -2.30. The highest BCUT2D eigenvalue weighted by atomic mass is 35.5. The number of hydrogen-bond donors (Lipinski definition) is 1. The number of para-hydroxylation sites is 1. The minimum absolute atomic E-state index is 0.0532. The van der Waals surface area contributed by atoms with Gasteiger partial charge in [0.15, 0.2) is 0 Å². The molecule has 0 unspecified atom stereocenters. The standard InChI is InChI=1S/C20H21ClN2O2/c1-14(19-11-15-7-4-6-10-18(15)25-19)22-20(24)13-23(2)12-16-8-3-5-9-17(16)21/h3-11,14H,12-13H2,1-2H3,(H,22,24)/t14-/m0/s1. The number of nitrogens with zero attached hydrogens (tertiary/aromatic N) is 1. The molecular weight excluding hydrogens is 336 g/mol. The van der Waals surface area contributed by atoms with Crippen LogP contribution < -0.4 is 5.32 Å². The lowest BCUT2D eigenvalue weighted by Crippen LogP contribution is -2.36. The monoisotopic (exact) mass is 356 g/mol. The molecule has 5 heteroatoms. The minimum atomic E-state index is -0.186. The maximum absolute atomic E-state index is 12.3. The molecule has 2 aromatic carbocycles. The van der Waals surface area contributed by atoms with Gasteiger partial charge in [-0.3, -0.25) is 9.69 Å². The largest absolute Gasteiger partial charge is 0.459 e. The van der Waals surface area contributed by atoms with E-state index >= 15 is 0 Å². The Labute approximate surface area is 152 Å². The zero-order chi connectivity index (χ0) is 17.8. The van der Waals surface area contributed by atoms with Crippen LogP contribution in [-0.4, -0.2) is 24.4 Å². The van der Waals surface area contributed by atoms with E-state index in [9.17, 15) is 4.79 Å². The number of amides is 1. The van der Waals surface area contributed by atoms with Gasteiger partial charge < -0.3 is 9.73 Å². The van der Waals surface area contributed by atoms with Crippen molar-refractivity contribution in [1.82, 2.24) is 10.2 Å². The van der Waals surface area contributed by atoms with Crippen LogP contribution in [0.3, 0.4) is 0 Å². The lowest BCUT2D eigenvalue weighted by Gasteiger charge is -2.18. The van der Waals surface area contributed by atoms with Crippen molar-refractivity contribution in [3.05, 3.63) is 70.9 Å². The molecule has 0 aliphatic carbocycles. The number of carbonyl (C=O) groups is 1. The van der Waals surface area contributed by atoms with Crippen LogP contribution in [0.25, 0.3) is 11.0 Å². The molecule has 3 rings (SSSR count). The highest BCUT2D eigenvalue weighted by Crippen LogP contribution is 2.23. The van der Waals surface area contributed by atoms with E-state index in [2.05, 4.69) is 5.32 Å². The fraction of sp³-hybridized carbons (Fsp3) is 0.250. The molecule has 0 fully saturated rings. The lowest BCUT2D eigenvalue weighted by atomic mass is 10.2. The Bertz CT molecular complexity index is 842. The summed E-state index contributed by atoms with van der Waals surface area (Å²) in [5, 5.41) is 4.73. The number of carbonyl (C=O) groups excluding carboxylic acids is 1. The first kappa shape index (κ1) is 17.5. The van der Waals surface area contributed by atoms with Crippen molar-refractivity contribution in [3.63, 3.8) is 0 Å². The van der Waals surface area contributed by atoms with E-state index in [-0.39, 0.29) is 18.5 Å². The van der Waals surface area contributed by atoms with Crippen molar-refractivity contribution in [2.45, 2.75) is 19.5 Å². The Morgan fingerprint density at radius 3 is 2.68 bits per heavy atom. The van der Waals surface area contributed by atoms with E-state index in [1.165, 1.54) is 0 Å². The van der Waals surface area contributed by atoms with Crippen LogP contribution in [0, 0.1) is 0 Å². The second-order valence-electron chi connectivity index (χ2n) is 6.24. The van der Waals surface area contributed by atoms with Gasteiger partial charge in [-0.1, -0.05) is 48.0 Å². The van der Waals surface area contributed by atoms with E-state index in [0.717, 1.165) is 22.3 Å². The first-order valence-electron chi connectivity index (χ1n) is 8.22. The molecule has 1 atom stereocenters. The number of likely N-dealkylation sites (N-methyl/N-ethyl adjacent to an activating group) is 1. The van der Waals surface area contributed by atoms with Gasteiger partial charge in [-0.05, 0) is 37.7 Å². The van der Waals surface area contributed by atoms with Crippen molar-refractivity contribution < 1.29 is 9.21 Å². The minimum Gasteiger partial charge on any atom is -0.459 e. The number of nitrogens with one attached hydrogen (secondary N) is 1. The molecule has 1 amide bonds. The first-order valence-corrected chi connectivity index (χ1v) is 8.60. The second kappa shape index (κ2) is 7.72. The molecule has 0 aliphatic heterocycles. The van der Waals surface area contributed by atoms with Crippen molar-refractivity contribution in [1.29, 1.82) is 0 Å². The molecule has 3 aromatic rings. The average molecular weight is 357 g/mol. The molecule has 1 heterocycles. The summed E-state index contributed by atoms with van der Waals surface area (Å²) < 4.78 is 5.80. The summed E-state index contributed by atoms with van der Waals surface area (Å²) in [5.74, 6) is 0.700. The van der Waals surface area contributed by atoms with E-state index in [4.69, 9.17) is 16.0 Å². The van der Waals surface area contributed by atoms with Gasteiger partial charge in [0.2, 0.25) is 5.91 Å². The molecule has 0 spiro atoms. The molecular formula is C20H21ClN2O2. The van der Waals surface area contributed by atoms with Gasteiger partial charge >= 0.3 is 0 Å². The third-order valence-corrected chi connectivity index (χ3v) is 4.43. The maximum Gasteiger partial charge on any atom is 0.234 e. The van der Waals surface area contributed by atoms with Gasteiger partial charge in [0.25, 0.3) is 0 Å². The third kappa shape index (κ3) is 4.41. The SMILES string of the molecule is C[C@H](NC(=O)CN(C)Cc1ccccc1Cl)c1cc2ccccc2o1. The van der Waals surface area contributed by atoms with E-state index in [1.807, 2.05) is 73.5 Å². The van der Waals surface area contributed by atoms with Gasteiger partial charge in [-0.25, -0.2) is 0 Å². The fourth-order valence-corrected chi connectivity index (χ4v) is 2.99. The summed E-state index contributed by atoms with van der Waals surface area (Å²) in [4.78, 5) is 14.2. The maximum atomic E-state index is 12.3. The highest BCUT2D eigenvalue weighted by molar-refractivity contribution is 6.31. The topological polar surface area (TPSA) is 45.5 Å². The van der Waals surface area contributed by atoms with E-state index in [0.29, 0.717) is 11.6 Å². The third-order valence-electron chi connectivity index (χ3n) is 4.06. The first-order chi connectivity index (χ1) is 12.0. The molecule has 4 nitrogen and oxygen atoms in total. The van der Waals surface area contributed by atoms with Crippen LogP contribution in [0.15, 0.2) is 59.0 Å². The van der Waals surface area contributed by atoms with E-state index < -0.39 is 0 Å². The summed E-state index contributed by atoms with van der Waals surface area (Å²) >= 11 is 6.17. The smallest absolute Gasteiger partial charge is 0.234 e. The molecule has 0 saturated carbocycles. The fourth-order valence-electron chi connectivity index (χ4n) is 2.79. The van der Waals surface area contributed by atoms with Crippen LogP contribution in [0.5, 0.6) is 0 Å². The molecule has 25 heavy (non-hydrogen) atoms. The van der Waals surface area contributed by atoms with Crippen molar-refractivity contribution in [3.8, 4) is 0 Å². The lowest BCUT2D eigenvalue weighted by molar-refractivity contribution is -0.122. The van der Waals surface area contributed by atoms with Crippen LogP contribution in [-0.2, 0) is 11.3 Å². The number of benzene rings is 2. The predicted molar refractivity (Wildman–Crippen MR) is 101 cm³/mol. The second-order valence-corrected chi connectivity index (χ2v) is 6.65. The summed E-state index contributed by atoms with van der Waals surface area (Å²) in [6.45, 7) is 2.82. The molecule has 0 bridgehead atoms. The van der Waals surface area contributed by atoms with Gasteiger partial charge in [0.1, 0.15) is 11.3 Å².